The quantitative estimate of drug-likeness (QED) is 0.624. The molecule has 0 amide bonds. The fraction of sp³-hybridized carbons (Fsp3) is 0.375. The Bertz CT molecular complexity index is 1020. The lowest BCUT2D eigenvalue weighted by Crippen LogP contribution is -2.47. The summed E-state index contributed by atoms with van der Waals surface area (Å²) in [5.74, 6) is 1.55. The van der Waals surface area contributed by atoms with Gasteiger partial charge in [-0.3, -0.25) is 4.79 Å². The molecular formula is C24H25NO2S. The Balaban J connectivity index is 1.46. The van der Waals surface area contributed by atoms with Gasteiger partial charge < -0.3 is 10.0 Å². The van der Waals surface area contributed by atoms with Gasteiger partial charge in [0.05, 0.1) is 11.5 Å². The van der Waals surface area contributed by atoms with Crippen LogP contribution in [0.25, 0.3) is 21.2 Å². The van der Waals surface area contributed by atoms with Crippen LogP contribution in [0.1, 0.15) is 34.5 Å². The molecule has 4 heteroatoms. The highest BCUT2D eigenvalue weighted by Gasteiger charge is 2.35. The number of fused-ring (bicyclic) bond motifs is 4. The summed E-state index contributed by atoms with van der Waals surface area (Å²) >= 11 is 1.61. The molecule has 3 fully saturated rings. The molecule has 2 bridgehead atoms. The Morgan fingerprint density at radius 3 is 2.61 bits per heavy atom. The first-order valence-electron chi connectivity index (χ1n) is 10.2. The Hall–Kier alpha value is -2.01. The van der Waals surface area contributed by atoms with Crippen molar-refractivity contribution in [3.8, 4) is 11.1 Å². The molecule has 0 unspecified atom stereocenters. The maximum atomic E-state index is 13.1. The molecule has 0 radical (unpaired) electrons. The minimum absolute atomic E-state index is 0.0172. The number of piperidine rings is 3. The summed E-state index contributed by atoms with van der Waals surface area (Å²) in [6, 6.07) is 16.2. The predicted octanol–water partition coefficient (Wildman–Crippen LogP) is 4.98. The molecule has 1 N–H and O–H groups in total. The fourth-order valence-corrected chi connectivity index (χ4v) is 6.13. The highest BCUT2D eigenvalue weighted by molar-refractivity contribution is 7.21. The number of ketones is 1. The molecule has 1 atom stereocenters. The molecule has 28 heavy (non-hydrogen) atoms. The van der Waals surface area contributed by atoms with Crippen LogP contribution < -0.4 is 0 Å². The van der Waals surface area contributed by atoms with Gasteiger partial charge in [0.1, 0.15) is 0 Å². The molecule has 144 valence electrons. The van der Waals surface area contributed by atoms with Gasteiger partial charge in [-0.2, -0.15) is 0 Å². The third kappa shape index (κ3) is 3.20. The number of hydrogen-bond acceptors (Lipinski definition) is 4. The zero-order chi connectivity index (χ0) is 19.1. The standard InChI is InChI=1S/C24H25NO2S/c26-15-18-4-1-2-6-20(18)21-7-3-5-17-13-23(28-24(17)21)22(27)12-19-14-25-10-8-16(19)9-11-25/h1-7,13,16,19,26H,8-12,14-15H2/t19-/m0/s1. The summed E-state index contributed by atoms with van der Waals surface area (Å²) in [5, 5.41) is 10.8. The summed E-state index contributed by atoms with van der Waals surface area (Å²) in [4.78, 5) is 16.5. The topological polar surface area (TPSA) is 40.5 Å². The number of nitrogens with zero attached hydrogens (tertiary/aromatic N) is 1. The third-order valence-corrected chi connectivity index (χ3v) is 7.76. The predicted molar refractivity (Wildman–Crippen MR) is 115 cm³/mol. The van der Waals surface area contributed by atoms with E-state index in [4.69, 9.17) is 0 Å². The van der Waals surface area contributed by atoms with Crippen LogP contribution in [0.3, 0.4) is 0 Å². The summed E-state index contributed by atoms with van der Waals surface area (Å²) in [6.07, 6.45) is 3.19. The monoisotopic (exact) mass is 391 g/mol. The van der Waals surface area contributed by atoms with Gasteiger partial charge in [0.2, 0.25) is 0 Å². The minimum atomic E-state index is 0.0172. The molecule has 0 spiro atoms. The van der Waals surface area contributed by atoms with E-state index in [1.54, 1.807) is 11.3 Å². The van der Waals surface area contributed by atoms with Crippen molar-refractivity contribution in [1.29, 1.82) is 0 Å². The highest BCUT2D eigenvalue weighted by Crippen LogP contribution is 2.39. The molecule has 3 aliphatic heterocycles. The molecule has 4 heterocycles. The lowest BCUT2D eigenvalue weighted by Gasteiger charge is -2.44. The number of carbonyl (C=O) groups excluding carboxylic acids is 1. The molecule has 3 aromatic rings. The van der Waals surface area contributed by atoms with Crippen molar-refractivity contribution in [1.82, 2.24) is 4.90 Å². The number of carbonyl (C=O) groups is 1. The second kappa shape index (κ2) is 7.43. The van der Waals surface area contributed by atoms with Crippen LogP contribution in [0.2, 0.25) is 0 Å². The van der Waals surface area contributed by atoms with Crippen LogP contribution >= 0.6 is 11.3 Å². The lowest BCUT2D eigenvalue weighted by atomic mass is 9.76. The van der Waals surface area contributed by atoms with E-state index in [9.17, 15) is 9.90 Å². The van der Waals surface area contributed by atoms with Gasteiger partial charge in [-0.1, -0.05) is 42.5 Å². The van der Waals surface area contributed by atoms with Crippen molar-refractivity contribution in [3.05, 3.63) is 59.0 Å². The fourth-order valence-electron chi connectivity index (χ4n) is 4.99. The number of thiophene rings is 1. The average Bonchev–Trinajstić information content (AvgIpc) is 3.19. The molecule has 3 saturated heterocycles. The second-order valence-electron chi connectivity index (χ2n) is 8.18. The number of aliphatic hydroxyl groups excluding tert-OH is 1. The number of rotatable bonds is 5. The van der Waals surface area contributed by atoms with E-state index in [0.29, 0.717) is 18.1 Å². The summed E-state index contributed by atoms with van der Waals surface area (Å²) < 4.78 is 1.14. The maximum absolute atomic E-state index is 13.1. The Labute approximate surface area is 169 Å². The van der Waals surface area contributed by atoms with Gasteiger partial charge in [-0.05, 0) is 65.9 Å². The normalized spacial score (nSPS) is 24.0. The van der Waals surface area contributed by atoms with Crippen LogP contribution in [0, 0.1) is 11.8 Å². The second-order valence-corrected chi connectivity index (χ2v) is 9.23. The zero-order valence-corrected chi connectivity index (χ0v) is 16.8. The van der Waals surface area contributed by atoms with E-state index in [1.165, 1.54) is 25.9 Å². The van der Waals surface area contributed by atoms with Gasteiger partial charge in [0.25, 0.3) is 0 Å². The van der Waals surface area contributed by atoms with Crippen LogP contribution in [0.5, 0.6) is 0 Å². The highest BCUT2D eigenvalue weighted by atomic mass is 32.1. The maximum Gasteiger partial charge on any atom is 0.173 e. The molecule has 0 saturated carbocycles. The number of hydrogen-bond donors (Lipinski definition) is 1. The van der Waals surface area contributed by atoms with Crippen molar-refractivity contribution in [2.75, 3.05) is 19.6 Å². The molecule has 6 rings (SSSR count). The van der Waals surface area contributed by atoms with Gasteiger partial charge in [0, 0.05) is 17.7 Å². The van der Waals surface area contributed by atoms with E-state index in [2.05, 4.69) is 29.2 Å². The molecule has 0 aliphatic carbocycles. The number of aliphatic hydroxyl groups is 1. The van der Waals surface area contributed by atoms with E-state index in [0.717, 1.165) is 44.1 Å². The van der Waals surface area contributed by atoms with Crippen LogP contribution in [0.4, 0.5) is 0 Å². The summed E-state index contributed by atoms with van der Waals surface area (Å²) in [6.45, 7) is 3.54. The van der Waals surface area contributed by atoms with Gasteiger partial charge in [-0.25, -0.2) is 0 Å². The molecule has 2 aromatic carbocycles. The van der Waals surface area contributed by atoms with Crippen molar-refractivity contribution < 1.29 is 9.90 Å². The molecule has 3 nitrogen and oxygen atoms in total. The van der Waals surface area contributed by atoms with Crippen LogP contribution in [-0.4, -0.2) is 35.4 Å². The van der Waals surface area contributed by atoms with E-state index < -0.39 is 0 Å². The van der Waals surface area contributed by atoms with Crippen LogP contribution in [0.15, 0.2) is 48.5 Å². The van der Waals surface area contributed by atoms with Gasteiger partial charge in [0.15, 0.2) is 5.78 Å². The Kier molecular flexibility index (Phi) is 4.79. The number of Topliss-reactive ketones (excluding diaryl/α,β-unsaturated/α-hetero) is 1. The zero-order valence-electron chi connectivity index (χ0n) is 15.9. The largest absolute Gasteiger partial charge is 0.392 e. The van der Waals surface area contributed by atoms with E-state index >= 15 is 0 Å². The van der Waals surface area contributed by atoms with Gasteiger partial charge in [-0.15, -0.1) is 11.3 Å². The Morgan fingerprint density at radius 1 is 1.07 bits per heavy atom. The van der Waals surface area contributed by atoms with Crippen molar-refractivity contribution in [2.24, 2.45) is 11.8 Å². The molecule has 3 aliphatic rings. The average molecular weight is 392 g/mol. The van der Waals surface area contributed by atoms with Gasteiger partial charge >= 0.3 is 0 Å². The van der Waals surface area contributed by atoms with Crippen molar-refractivity contribution in [2.45, 2.75) is 25.9 Å². The molecule has 1 aromatic heterocycles. The summed E-state index contributed by atoms with van der Waals surface area (Å²) in [5.41, 5.74) is 3.08. The summed E-state index contributed by atoms with van der Waals surface area (Å²) in [7, 11) is 0. The Morgan fingerprint density at radius 2 is 1.86 bits per heavy atom. The number of benzene rings is 2. The van der Waals surface area contributed by atoms with E-state index in [1.807, 2.05) is 24.3 Å². The smallest absolute Gasteiger partial charge is 0.173 e. The SMILES string of the molecule is O=C(C[C@H]1CN2CCC1CC2)c1cc2cccc(-c3ccccc3CO)c2s1. The first-order chi connectivity index (χ1) is 13.7. The van der Waals surface area contributed by atoms with Crippen LogP contribution in [-0.2, 0) is 6.61 Å². The minimum Gasteiger partial charge on any atom is -0.392 e. The molecular weight excluding hydrogens is 366 g/mol. The van der Waals surface area contributed by atoms with Crippen molar-refractivity contribution in [3.63, 3.8) is 0 Å². The first-order valence-corrected chi connectivity index (χ1v) is 11.0. The third-order valence-electron chi connectivity index (χ3n) is 6.54. The lowest BCUT2D eigenvalue weighted by molar-refractivity contribution is 0.0442. The first kappa shape index (κ1) is 18.0. The van der Waals surface area contributed by atoms with E-state index in [-0.39, 0.29) is 6.61 Å². The van der Waals surface area contributed by atoms with Crippen molar-refractivity contribution >= 4 is 27.2 Å².